The number of benzene rings is 1. The summed E-state index contributed by atoms with van der Waals surface area (Å²) in [6.07, 6.45) is 4.39. The zero-order valence-electron chi connectivity index (χ0n) is 16.4. The van der Waals surface area contributed by atoms with E-state index in [0.29, 0.717) is 18.0 Å². The van der Waals surface area contributed by atoms with Crippen molar-refractivity contribution in [3.63, 3.8) is 0 Å². The first kappa shape index (κ1) is 23.8. The fourth-order valence-electron chi connectivity index (χ4n) is 4.66. The normalized spacial score (nSPS) is 33.5. The van der Waals surface area contributed by atoms with Crippen molar-refractivity contribution in [3.8, 4) is 5.75 Å². The Bertz CT molecular complexity index is 918. The molecule has 1 saturated carbocycles. The minimum atomic E-state index is -1.93. The van der Waals surface area contributed by atoms with Gasteiger partial charge < -0.3 is 4.74 Å². The third-order valence-electron chi connectivity index (χ3n) is 6.27. The number of carbonyl (C=O) groups excluding carboxylic acids is 2. The van der Waals surface area contributed by atoms with Crippen molar-refractivity contribution in [2.75, 3.05) is 11.5 Å². The summed E-state index contributed by atoms with van der Waals surface area (Å²) >= 11 is 39.0. The van der Waals surface area contributed by atoms with Crippen LogP contribution < -0.4 is 9.64 Å². The van der Waals surface area contributed by atoms with E-state index in [0.717, 1.165) is 24.2 Å². The molecular formula is C21H19Cl6NO3. The van der Waals surface area contributed by atoms with E-state index in [1.54, 1.807) is 24.3 Å². The number of imide groups is 1. The van der Waals surface area contributed by atoms with Gasteiger partial charge in [0.15, 0.2) is 4.33 Å². The van der Waals surface area contributed by atoms with Gasteiger partial charge in [-0.3, -0.25) is 9.59 Å². The lowest BCUT2D eigenvalue weighted by Crippen LogP contribution is -2.50. The number of anilines is 1. The van der Waals surface area contributed by atoms with Crippen LogP contribution in [-0.2, 0) is 9.59 Å². The van der Waals surface area contributed by atoms with Crippen LogP contribution in [0.15, 0.2) is 34.3 Å². The SMILES string of the molecule is CCCCCCOc1ccc(N2C(=O)[C@@H]3[C@@H](C2=O)[C@@]2(Cl)C(Cl)=C(Cl)[C@@]3(Cl)C2(Cl)Cl)cc1. The smallest absolute Gasteiger partial charge is 0.240 e. The maximum atomic E-state index is 13.3. The highest BCUT2D eigenvalue weighted by molar-refractivity contribution is 6.67. The van der Waals surface area contributed by atoms with Gasteiger partial charge in [-0.2, -0.15) is 0 Å². The molecule has 0 unspecified atom stereocenters. The first-order valence-electron chi connectivity index (χ1n) is 9.97. The minimum Gasteiger partial charge on any atom is -0.494 e. The van der Waals surface area contributed by atoms with Crippen LogP contribution in [0.2, 0.25) is 0 Å². The molecule has 2 bridgehead atoms. The fourth-order valence-corrected chi connectivity index (χ4v) is 7.59. The molecule has 1 aliphatic heterocycles. The summed E-state index contributed by atoms with van der Waals surface area (Å²) in [4.78, 5) is 24.1. The van der Waals surface area contributed by atoms with E-state index in [1.807, 2.05) is 0 Å². The largest absolute Gasteiger partial charge is 0.494 e. The van der Waals surface area contributed by atoms with Crippen LogP contribution in [0, 0.1) is 11.8 Å². The van der Waals surface area contributed by atoms with Crippen LogP contribution in [0.25, 0.3) is 0 Å². The third-order valence-corrected chi connectivity index (χ3v) is 10.5. The second-order valence-corrected chi connectivity index (χ2v) is 11.3. The van der Waals surface area contributed by atoms with Gasteiger partial charge in [-0.25, -0.2) is 4.90 Å². The molecule has 4 atom stereocenters. The highest BCUT2D eigenvalue weighted by atomic mass is 35.5. The number of amides is 2. The van der Waals surface area contributed by atoms with Crippen molar-refractivity contribution in [3.05, 3.63) is 34.3 Å². The van der Waals surface area contributed by atoms with E-state index in [-0.39, 0.29) is 10.1 Å². The highest BCUT2D eigenvalue weighted by Gasteiger charge is 2.87. The molecule has 1 aromatic carbocycles. The molecule has 1 saturated heterocycles. The summed E-state index contributed by atoms with van der Waals surface area (Å²) < 4.78 is 3.79. The van der Waals surface area contributed by atoms with Gasteiger partial charge in [0.25, 0.3) is 0 Å². The Kier molecular flexibility index (Phi) is 6.25. The van der Waals surface area contributed by atoms with E-state index < -0.39 is 37.7 Å². The monoisotopic (exact) mass is 543 g/mol. The Hall–Kier alpha value is -0.360. The molecule has 2 fully saturated rings. The van der Waals surface area contributed by atoms with E-state index in [9.17, 15) is 9.59 Å². The van der Waals surface area contributed by atoms with Gasteiger partial charge in [0, 0.05) is 0 Å². The van der Waals surface area contributed by atoms with Crippen LogP contribution in [-0.4, -0.2) is 32.5 Å². The number of rotatable bonds is 7. The quantitative estimate of drug-likeness (QED) is 0.220. The summed E-state index contributed by atoms with van der Waals surface area (Å²) in [5.74, 6) is -2.78. The molecule has 0 radical (unpaired) electrons. The van der Waals surface area contributed by atoms with Crippen LogP contribution in [0.5, 0.6) is 5.75 Å². The lowest BCUT2D eigenvalue weighted by molar-refractivity contribution is -0.123. The van der Waals surface area contributed by atoms with Crippen LogP contribution in [0.4, 0.5) is 5.69 Å². The zero-order valence-corrected chi connectivity index (χ0v) is 21.0. The number of nitrogens with zero attached hydrogens (tertiary/aromatic N) is 1. The first-order valence-corrected chi connectivity index (χ1v) is 12.2. The predicted octanol–water partition coefficient (Wildman–Crippen LogP) is 6.60. The molecule has 31 heavy (non-hydrogen) atoms. The number of unbranched alkanes of at least 4 members (excludes halogenated alkanes) is 3. The topological polar surface area (TPSA) is 46.6 Å². The van der Waals surface area contributed by atoms with Gasteiger partial charge in [-0.05, 0) is 30.7 Å². The molecule has 0 spiro atoms. The number of hydrogen-bond acceptors (Lipinski definition) is 3. The van der Waals surface area contributed by atoms with Crippen molar-refractivity contribution in [2.45, 2.75) is 46.7 Å². The van der Waals surface area contributed by atoms with Crippen LogP contribution in [0.1, 0.15) is 32.6 Å². The summed E-state index contributed by atoms with van der Waals surface area (Å²) in [5.41, 5.74) is 0.365. The molecule has 4 nitrogen and oxygen atoms in total. The van der Waals surface area contributed by atoms with Crippen molar-refractivity contribution in [2.24, 2.45) is 11.8 Å². The van der Waals surface area contributed by atoms with Gasteiger partial charge in [0.05, 0.1) is 34.2 Å². The number of halogens is 6. The summed E-state index contributed by atoms with van der Waals surface area (Å²) in [6.45, 7) is 2.75. The molecule has 3 aliphatic rings. The molecule has 2 amide bonds. The average molecular weight is 546 g/mol. The Morgan fingerprint density at radius 2 is 1.39 bits per heavy atom. The Labute approximate surface area is 210 Å². The summed E-state index contributed by atoms with van der Waals surface area (Å²) in [5, 5.41) is -0.209. The number of fused-ring (bicyclic) bond motifs is 5. The van der Waals surface area contributed by atoms with Gasteiger partial charge in [-0.1, -0.05) is 72.6 Å². The lowest BCUT2D eigenvalue weighted by Gasteiger charge is -2.34. The molecule has 1 heterocycles. The average Bonchev–Trinajstić information content (AvgIpc) is 3.12. The number of hydrogen-bond donors (Lipinski definition) is 0. The predicted molar refractivity (Wildman–Crippen MR) is 126 cm³/mol. The van der Waals surface area contributed by atoms with Crippen LogP contribution >= 0.6 is 69.6 Å². The summed E-state index contributed by atoms with van der Waals surface area (Å²) in [6, 6.07) is 6.67. The number of alkyl halides is 4. The van der Waals surface area contributed by atoms with Crippen molar-refractivity contribution in [1.82, 2.24) is 0 Å². The highest BCUT2D eigenvalue weighted by Crippen LogP contribution is 2.77. The van der Waals surface area contributed by atoms with Crippen molar-refractivity contribution >= 4 is 87.1 Å². The molecule has 2 aliphatic carbocycles. The number of allylic oxidation sites excluding steroid dienone is 2. The molecule has 10 heteroatoms. The Balaban J connectivity index is 1.58. The van der Waals surface area contributed by atoms with E-state index >= 15 is 0 Å². The zero-order chi connectivity index (χ0) is 22.8. The molecule has 0 aromatic heterocycles. The lowest BCUT2D eigenvalue weighted by atomic mass is 9.84. The van der Waals surface area contributed by atoms with E-state index in [2.05, 4.69) is 6.92 Å². The van der Waals surface area contributed by atoms with Gasteiger partial charge in [0.1, 0.15) is 15.5 Å². The Morgan fingerprint density at radius 3 is 1.87 bits per heavy atom. The Morgan fingerprint density at radius 1 is 0.871 bits per heavy atom. The van der Waals surface area contributed by atoms with Crippen molar-refractivity contribution < 1.29 is 14.3 Å². The second-order valence-electron chi connectivity index (χ2n) is 8.00. The third kappa shape index (κ3) is 3.02. The van der Waals surface area contributed by atoms with Crippen LogP contribution in [0.3, 0.4) is 0 Å². The molecule has 1 aromatic rings. The van der Waals surface area contributed by atoms with Crippen molar-refractivity contribution in [1.29, 1.82) is 0 Å². The fraction of sp³-hybridized carbons (Fsp3) is 0.524. The van der Waals surface area contributed by atoms with E-state index in [4.69, 9.17) is 74.3 Å². The number of carbonyl (C=O) groups is 2. The second kappa shape index (κ2) is 8.14. The standard InChI is InChI=1S/C21H19Cl6NO3/c1-2-3-4-5-10-31-12-8-6-11(7-9-12)28-17(29)13-14(18(28)30)20(25)16(23)15(22)19(13,24)21(20,26)27/h6-9,13-14H,2-5,10H2,1H3/t13-,14-,19+,20+/m0/s1. The molecule has 0 N–H and O–H groups in total. The maximum Gasteiger partial charge on any atom is 0.240 e. The first-order chi connectivity index (χ1) is 14.5. The molecule has 4 rings (SSSR count). The van der Waals surface area contributed by atoms with Gasteiger partial charge in [0.2, 0.25) is 11.8 Å². The van der Waals surface area contributed by atoms with Gasteiger partial charge >= 0.3 is 0 Å². The summed E-state index contributed by atoms with van der Waals surface area (Å²) in [7, 11) is 0. The molecule has 168 valence electrons. The minimum absolute atomic E-state index is 0.105. The van der Waals surface area contributed by atoms with E-state index in [1.165, 1.54) is 6.42 Å². The van der Waals surface area contributed by atoms with Gasteiger partial charge in [-0.15, -0.1) is 23.2 Å². The number of ether oxygens (including phenoxy) is 1. The molecular weight excluding hydrogens is 527 g/mol. The maximum absolute atomic E-state index is 13.3.